The van der Waals surface area contributed by atoms with Crippen molar-refractivity contribution in [1.82, 2.24) is 19.7 Å². The molecule has 3 aromatic rings. The van der Waals surface area contributed by atoms with Crippen LogP contribution in [0.25, 0.3) is 0 Å². The molecule has 2 heterocycles. The number of ether oxygens (including phenoxy) is 2. The molecule has 1 atom stereocenters. The van der Waals surface area contributed by atoms with E-state index in [2.05, 4.69) is 21.7 Å². The van der Waals surface area contributed by atoms with Crippen LogP contribution in [0.2, 0.25) is 0 Å². The molecule has 0 fully saturated rings. The van der Waals surface area contributed by atoms with E-state index < -0.39 is 0 Å². The van der Waals surface area contributed by atoms with E-state index >= 15 is 0 Å². The number of amides is 1. The van der Waals surface area contributed by atoms with E-state index in [1.54, 1.807) is 24.1 Å². The molecule has 0 saturated heterocycles. The first-order valence-electron chi connectivity index (χ1n) is 9.19. The maximum absolute atomic E-state index is 13.1. The summed E-state index contributed by atoms with van der Waals surface area (Å²) >= 11 is 0. The van der Waals surface area contributed by atoms with Gasteiger partial charge in [0.2, 0.25) is 0 Å². The van der Waals surface area contributed by atoms with Crippen LogP contribution in [-0.4, -0.2) is 39.2 Å². The molecular formula is C21H22N4O3. The standard InChI is InChI=1S/C21H22N4O3/c1-15-12-24(13-19-22-23-20(14-27-2)25(15)19)21(26)16-7-6-10-18(11-16)28-17-8-4-3-5-9-17/h3-11,15H,12-14H2,1-2H3/t15-/m0/s1. The summed E-state index contributed by atoms with van der Waals surface area (Å²) in [5.41, 5.74) is 0.589. The Balaban J connectivity index is 1.52. The Hall–Kier alpha value is -3.19. The van der Waals surface area contributed by atoms with Gasteiger partial charge >= 0.3 is 0 Å². The Kier molecular flexibility index (Phi) is 5.08. The molecule has 1 aromatic heterocycles. The fourth-order valence-corrected chi connectivity index (χ4v) is 3.50. The number of carbonyl (C=O) groups is 1. The van der Waals surface area contributed by atoms with E-state index in [1.165, 1.54) is 0 Å². The number of rotatable bonds is 5. The van der Waals surface area contributed by atoms with Gasteiger partial charge < -0.3 is 18.9 Å². The molecule has 28 heavy (non-hydrogen) atoms. The minimum absolute atomic E-state index is 0.0482. The van der Waals surface area contributed by atoms with Crippen LogP contribution in [0.1, 0.15) is 35.0 Å². The largest absolute Gasteiger partial charge is 0.457 e. The summed E-state index contributed by atoms with van der Waals surface area (Å²) in [6.07, 6.45) is 0. The Bertz CT molecular complexity index is 971. The summed E-state index contributed by atoms with van der Waals surface area (Å²) in [5.74, 6) is 2.88. The van der Waals surface area contributed by atoms with Crippen molar-refractivity contribution in [2.75, 3.05) is 13.7 Å². The van der Waals surface area contributed by atoms with E-state index in [-0.39, 0.29) is 11.9 Å². The van der Waals surface area contributed by atoms with Crippen molar-refractivity contribution in [3.63, 3.8) is 0 Å². The average Bonchev–Trinajstić information content (AvgIpc) is 3.12. The molecule has 0 radical (unpaired) electrons. The zero-order chi connectivity index (χ0) is 19.5. The van der Waals surface area contributed by atoms with Gasteiger partial charge in [0, 0.05) is 19.2 Å². The van der Waals surface area contributed by atoms with E-state index in [0.717, 1.165) is 17.4 Å². The lowest BCUT2D eigenvalue weighted by Gasteiger charge is -2.32. The van der Waals surface area contributed by atoms with Gasteiger partial charge in [0.05, 0.1) is 12.6 Å². The van der Waals surface area contributed by atoms with Crippen molar-refractivity contribution in [2.45, 2.75) is 26.1 Å². The van der Waals surface area contributed by atoms with Gasteiger partial charge in [-0.2, -0.15) is 0 Å². The van der Waals surface area contributed by atoms with Crippen LogP contribution in [-0.2, 0) is 17.9 Å². The van der Waals surface area contributed by atoms with Gasteiger partial charge in [0.1, 0.15) is 18.1 Å². The molecule has 0 unspecified atom stereocenters. The fraction of sp³-hybridized carbons (Fsp3) is 0.286. The Morgan fingerprint density at radius 2 is 1.89 bits per heavy atom. The first-order valence-corrected chi connectivity index (χ1v) is 9.19. The Morgan fingerprint density at radius 1 is 1.11 bits per heavy atom. The van der Waals surface area contributed by atoms with Crippen molar-refractivity contribution in [3.8, 4) is 11.5 Å². The van der Waals surface area contributed by atoms with Gasteiger partial charge in [-0.05, 0) is 37.3 Å². The van der Waals surface area contributed by atoms with Crippen LogP contribution >= 0.6 is 0 Å². The lowest BCUT2D eigenvalue weighted by molar-refractivity contribution is 0.0674. The molecule has 4 rings (SSSR count). The molecule has 7 nitrogen and oxygen atoms in total. The van der Waals surface area contributed by atoms with Crippen molar-refractivity contribution in [1.29, 1.82) is 0 Å². The van der Waals surface area contributed by atoms with Crippen molar-refractivity contribution < 1.29 is 14.3 Å². The number of methoxy groups -OCH3 is 1. The van der Waals surface area contributed by atoms with E-state index in [4.69, 9.17) is 9.47 Å². The molecule has 0 bridgehead atoms. The predicted octanol–water partition coefficient (Wildman–Crippen LogP) is 3.43. The third-order valence-electron chi connectivity index (χ3n) is 4.72. The maximum Gasteiger partial charge on any atom is 0.254 e. The quantitative estimate of drug-likeness (QED) is 0.680. The van der Waals surface area contributed by atoms with Gasteiger partial charge in [-0.25, -0.2) is 0 Å². The Morgan fingerprint density at radius 3 is 2.68 bits per heavy atom. The van der Waals surface area contributed by atoms with E-state index in [0.29, 0.717) is 31.0 Å². The lowest BCUT2D eigenvalue weighted by atomic mass is 10.1. The first-order chi connectivity index (χ1) is 13.7. The molecule has 144 valence electrons. The fourth-order valence-electron chi connectivity index (χ4n) is 3.50. The highest BCUT2D eigenvalue weighted by Crippen LogP contribution is 2.26. The SMILES string of the molecule is COCc1nnc2n1[C@@H](C)CN(C(=O)c1cccc(Oc3ccccc3)c1)C2. The zero-order valence-corrected chi connectivity index (χ0v) is 15.9. The summed E-state index contributed by atoms with van der Waals surface area (Å²) in [5, 5.41) is 8.44. The maximum atomic E-state index is 13.1. The van der Waals surface area contributed by atoms with Crippen LogP contribution < -0.4 is 4.74 Å². The molecule has 0 aliphatic carbocycles. The number of fused-ring (bicyclic) bond motifs is 1. The Labute approximate surface area is 163 Å². The van der Waals surface area contributed by atoms with Gasteiger partial charge in [0.25, 0.3) is 5.91 Å². The van der Waals surface area contributed by atoms with Crippen LogP contribution in [0.15, 0.2) is 54.6 Å². The highest BCUT2D eigenvalue weighted by atomic mass is 16.5. The number of nitrogens with zero attached hydrogens (tertiary/aromatic N) is 4. The van der Waals surface area contributed by atoms with Gasteiger partial charge in [0.15, 0.2) is 11.6 Å². The third-order valence-corrected chi connectivity index (χ3v) is 4.72. The van der Waals surface area contributed by atoms with Gasteiger partial charge in [-0.3, -0.25) is 4.79 Å². The van der Waals surface area contributed by atoms with E-state index in [9.17, 15) is 4.79 Å². The number of hydrogen-bond acceptors (Lipinski definition) is 5. The molecule has 0 N–H and O–H groups in total. The summed E-state index contributed by atoms with van der Waals surface area (Å²) in [7, 11) is 1.63. The van der Waals surface area contributed by atoms with Crippen molar-refractivity contribution in [2.24, 2.45) is 0 Å². The number of hydrogen-bond donors (Lipinski definition) is 0. The molecular weight excluding hydrogens is 356 g/mol. The highest BCUT2D eigenvalue weighted by molar-refractivity contribution is 5.94. The molecule has 7 heteroatoms. The summed E-state index contributed by atoms with van der Waals surface area (Å²) in [6.45, 7) is 3.47. The van der Waals surface area contributed by atoms with Gasteiger partial charge in [-0.1, -0.05) is 24.3 Å². The minimum atomic E-state index is -0.0482. The molecule has 1 aliphatic rings. The van der Waals surface area contributed by atoms with Crippen LogP contribution in [0, 0.1) is 0 Å². The second-order valence-corrected chi connectivity index (χ2v) is 6.81. The monoisotopic (exact) mass is 378 g/mol. The topological polar surface area (TPSA) is 69.5 Å². The molecule has 0 saturated carbocycles. The predicted molar refractivity (Wildman–Crippen MR) is 103 cm³/mol. The lowest BCUT2D eigenvalue weighted by Crippen LogP contribution is -2.40. The number of para-hydroxylation sites is 1. The van der Waals surface area contributed by atoms with Gasteiger partial charge in [-0.15, -0.1) is 10.2 Å². The molecule has 1 amide bonds. The number of carbonyl (C=O) groups excluding carboxylic acids is 1. The number of aromatic nitrogens is 3. The van der Waals surface area contributed by atoms with Crippen LogP contribution in [0.5, 0.6) is 11.5 Å². The van der Waals surface area contributed by atoms with Crippen molar-refractivity contribution in [3.05, 3.63) is 71.8 Å². The van der Waals surface area contributed by atoms with Crippen molar-refractivity contribution >= 4 is 5.91 Å². The minimum Gasteiger partial charge on any atom is -0.457 e. The summed E-state index contributed by atoms with van der Waals surface area (Å²) in [4.78, 5) is 14.9. The molecule has 1 aliphatic heterocycles. The second-order valence-electron chi connectivity index (χ2n) is 6.81. The van der Waals surface area contributed by atoms with E-state index in [1.807, 2.05) is 42.5 Å². The average molecular weight is 378 g/mol. The zero-order valence-electron chi connectivity index (χ0n) is 15.9. The van der Waals surface area contributed by atoms with Crippen LogP contribution in [0.3, 0.4) is 0 Å². The van der Waals surface area contributed by atoms with Crippen LogP contribution in [0.4, 0.5) is 0 Å². The molecule has 0 spiro atoms. The number of benzene rings is 2. The summed E-state index contributed by atoms with van der Waals surface area (Å²) in [6, 6.07) is 16.8. The second kappa shape index (κ2) is 7.82. The normalized spacial score (nSPS) is 15.9. The highest BCUT2D eigenvalue weighted by Gasteiger charge is 2.29. The summed E-state index contributed by atoms with van der Waals surface area (Å²) < 4.78 is 13.1. The third kappa shape index (κ3) is 3.61. The first kappa shape index (κ1) is 18.2. The smallest absolute Gasteiger partial charge is 0.254 e. The molecule has 2 aromatic carbocycles.